The molecule has 0 aliphatic rings. The van der Waals surface area contributed by atoms with E-state index in [1.54, 1.807) is 49.6 Å². The van der Waals surface area contributed by atoms with E-state index >= 15 is 0 Å². The molecule has 0 unspecified atom stereocenters. The summed E-state index contributed by atoms with van der Waals surface area (Å²) in [7, 11) is -0.778. The average molecular weight is 568 g/mol. The van der Waals surface area contributed by atoms with Crippen molar-refractivity contribution >= 4 is 27.5 Å². The van der Waals surface area contributed by atoms with Crippen molar-refractivity contribution in [2.45, 2.75) is 32.4 Å². The number of methoxy groups -OCH3 is 2. The SMILES string of the molecule is CCCNC(=O)[C@H](Cc1ccccc1)N(Cc1cccc(OC)c1)C(=O)CN(c1ccc(OC)cc1)S(C)(=O)=O. The number of nitrogens with zero attached hydrogens (tertiary/aromatic N) is 2. The molecule has 40 heavy (non-hydrogen) atoms. The van der Waals surface area contributed by atoms with Crippen molar-refractivity contribution in [3.05, 3.63) is 90.0 Å². The third kappa shape index (κ3) is 8.47. The zero-order chi connectivity index (χ0) is 29.1. The van der Waals surface area contributed by atoms with Crippen LogP contribution in [0.1, 0.15) is 24.5 Å². The van der Waals surface area contributed by atoms with Crippen LogP contribution < -0.4 is 19.1 Å². The first-order chi connectivity index (χ1) is 19.2. The van der Waals surface area contributed by atoms with Gasteiger partial charge in [0.1, 0.15) is 24.1 Å². The minimum absolute atomic E-state index is 0.0767. The van der Waals surface area contributed by atoms with Crippen LogP contribution in [0, 0.1) is 0 Å². The van der Waals surface area contributed by atoms with E-state index in [0.29, 0.717) is 23.7 Å². The van der Waals surface area contributed by atoms with Crippen molar-refractivity contribution in [2.75, 3.05) is 37.9 Å². The number of benzene rings is 3. The van der Waals surface area contributed by atoms with Crippen molar-refractivity contribution in [3.63, 3.8) is 0 Å². The van der Waals surface area contributed by atoms with Crippen LogP contribution in [-0.4, -0.2) is 64.7 Å². The normalized spacial score (nSPS) is 11.8. The molecule has 0 radical (unpaired) electrons. The molecule has 3 aromatic rings. The fraction of sp³-hybridized carbons (Fsp3) is 0.333. The molecule has 0 fully saturated rings. The molecule has 1 atom stereocenters. The second-order valence-corrected chi connectivity index (χ2v) is 11.2. The van der Waals surface area contributed by atoms with E-state index in [0.717, 1.165) is 28.1 Å². The number of ether oxygens (including phenoxy) is 2. The van der Waals surface area contributed by atoms with Crippen LogP contribution in [0.3, 0.4) is 0 Å². The Morgan fingerprint density at radius 3 is 2.12 bits per heavy atom. The second kappa shape index (κ2) is 14.4. The predicted molar refractivity (Wildman–Crippen MR) is 156 cm³/mol. The molecule has 0 bridgehead atoms. The summed E-state index contributed by atoms with van der Waals surface area (Å²) in [4.78, 5) is 29.0. The Hall–Kier alpha value is -4.05. The number of nitrogens with one attached hydrogen (secondary N) is 1. The number of hydrogen-bond donors (Lipinski definition) is 1. The van der Waals surface area contributed by atoms with E-state index in [9.17, 15) is 18.0 Å². The molecule has 0 saturated carbocycles. The van der Waals surface area contributed by atoms with Gasteiger partial charge in [-0.15, -0.1) is 0 Å². The second-order valence-electron chi connectivity index (χ2n) is 9.34. The van der Waals surface area contributed by atoms with Crippen molar-refractivity contribution in [2.24, 2.45) is 0 Å². The van der Waals surface area contributed by atoms with Gasteiger partial charge in [0.15, 0.2) is 0 Å². The number of carbonyl (C=O) groups excluding carboxylic acids is 2. The molecule has 3 aromatic carbocycles. The van der Waals surface area contributed by atoms with Crippen LogP contribution >= 0.6 is 0 Å². The van der Waals surface area contributed by atoms with E-state index in [2.05, 4.69) is 5.32 Å². The summed E-state index contributed by atoms with van der Waals surface area (Å²) in [6.07, 6.45) is 2.03. The molecule has 2 amide bonds. The van der Waals surface area contributed by atoms with E-state index in [1.165, 1.54) is 12.0 Å². The fourth-order valence-electron chi connectivity index (χ4n) is 4.25. The highest BCUT2D eigenvalue weighted by Crippen LogP contribution is 2.23. The summed E-state index contributed by atoms with van der Waals surface area (Å²) in [6, 6.07) is 22.2. The topological polar surface area (TPSA) is 105 Å². The number of hydrogen-bond acceptors (Lipinski definition) is 6. The number of rotatable bonds is 14. The summed E-state index contributed by atoms with van der Waals surface area (Å²) in [5, 5.41) is 2.92. The van der Waals surface area contributed by atoms with Crippen LogP contribution in [0.5, 0.6) is 11.5 Å². The zero-order valence-electron chi connectivity index (χ0n) is 23.4. The van der Waals surface area contributed by atoms with Gasteiger partial charge in [0, 0.05) is 19.5 Å². The summed E-state index contributed by atoms with van der Waals surface area (Å²) in [6.45, 7) is 1.99. The molecule has 0 aromatic heterocycles. The highest BCUT2D eigenvalue weighted by atomic mass is 32.2. The maximum absolute atomic E-state index is 14.0. The van der Waals surface area contributed by atoms with Gasteiger partial charge < -0.3 is 19.7 Å². The van der Waals surface area contributed by atoms with Crippen LogP contribution in [0.4, 0.5) is 5.69 Å². The number of amides is 2. The average Bonchev–Trinajstić information content (AvgIpc) is 2.96. The standard InChI is InChI=1S/C30H37N3O6S/c1-5-18-31-30(35)28(20-23-10-7-6-8-11-23)32(21-24-12-9-13-27(19-24)39-3)29(34)22-33(40(4,36)37)25-14-16-26(38-2)17-15-25/h6-17,19,28H,5,18,20-22H2,1-4H3,(H,31,35)/t28-/m0/s1. The lowest BCUT2D eigenvalue weighted by Crippen LogP contribution is -2.53. The maximum atomic E-state index is 14.0. The van der Waals surface area contributed by atoms with E-state index in [-0.39, 0.29) is 18.9 Å². The molecule has 3 rings (SSSR count). The largest absolute Gasteiger partial charge is 0.497 e. The maximum Gasteiger partial charge on any atom is 0.244 e. The monoisotopic (exact) mass is 567 g/mol. The van der Waals surface area contributed by atoms with Gasteiger partial charge in [-0.1, -0.05) is 49.4 Å². The van der Waals surface area contributed by atoms with Gasteiger partial charge in [0.2, 0.25) is 21.8 Å². The van der Waals surface area contributed by atoms with Crippen LogP contribution in [0.2, 0.25) is 0 Å². The van der Waals surface area contributed by atoms with Crippen molar-refractivity contribution < 1.29 is 27.5 Å². The summed E-state index contributed by atoms with van der Waals surface area (Å²) in [5.41, 5.74) is 1.93. The molecule has 0 aliphatic heterocycles. The molecule has 0 heterocycles. The van der Waals surface area contributed by atoms with E-state index in [4.69, 9.17) is 9.47 Å². The first kappa shape index (κ1) is 30.5. The molecule has 214 valence electrons. The number of anilines is 1. The molecular formula is C30H37N3O6S. The lowest BCUT2D eigenvalue weighted by atomic mass is 10.0. The smallest absolute Gasteiger partial charge is 0.244 e. The Labute approximate surface area is 236 Å². The first-order valence-electron chi connectivity index (χ1n) is 13.0. The van der Waals surface area contributed by atoms with Gasteiger partial charge in [0.25, 0.3) is 0 Å². The fourth-order valence-corrected chi connectivity index (χ4v) is 5.10. The molecular weight excluding hydrogens is 530 g/mol. The molecule has 0 saturated heterocycles. The molecule has 9 nitrogen and oxygen atoms in total. The van der Waals surface area contributed by atoms with Crippen LogP contribution in [-0.2, 0) is 32.6 Å². The van der Waals surface area contributed by atoms with Gasteiger partial charge in [-0.05, 0) is 53.9 Å². The van der Waals surface area contributed by atoms with Gasteiger partial charge in [-0.2, -0.15) is 0 Å². The predicted octanol–water partition coefficient (Wildman–Crippen LogP) is 3.64. The lowest BCUT2D eigenvalue weighted by Gasteiger charge is -2.33. The number of sulfonamides is 1. The molecule has 0 aliphatic carbocycles. The molecule has 10 heteroatoms. The zero-order valence-corrected chi connectivity index (χ0v) is 24.2. The van der Waals surface area contributed by atoms with Crippen molar-refractivity contribution in [3.8, 4) is 11.5 Å². The summed E-state index contributed by atoms with van der Waals surface area (Å²) in [5.74, 6) is 0.337. The summed E-state index contributed by atoms with van der Waals surface area (Å²) < 4.78 is 37.3. The highest BCUT2D eigenvalue weighted by Gasteiger charge is 2.33. The minimum atomic E-state index is -3.84. The Morgan fingerprint density at radius 1 is 0.875 bits per heavy atom. The third-order valence-corrected chi connectivity index (χ3v) is 7.49. The lowest BCUT2D eigenvalue weighted by molar-refractivity contribution is -0.140. The Balaban J connectivity index is 2.04. The van der Waals surface area contributed by atoms with E-state index in [1.807, 2.05) is 43.3 Å². The quantitative estimate of drug-likeness (QED) is 0.319. The van der Waals surface area contributed by atoms with Gasteiger partial charge in [0.05, 0.1) is 26.2 Å². The van der Waals surface area contributed by atoms with Crippen molar-refractivity contribution in [1.29, 1.82) is 0 Å². The Kier molecular flexibility index (Phi) is 11.0. The minimum Gasteiger partial charge on any atom is -0.497 e. The van der Waals surface area contributed by atoms with Crippen LogP contribution in [0.15, 0.2) is 78.9 Å². The molecule has 0 spiro atoms. The Bertz CT molecular complexity index is 1360. The first-order valence-corrected chi connectivity index (χ1v) is 14.9. The summed E-state index contributed by atoms with van der Waals surface area (Å²) >= 11 is 0. The highest BCUT2D eigenvalue weighted by molar-refractivity contribution is 7.92. The van der Waals surface area contributed by atoms with Gasteiger partial charge >= 0.3 is 0 Å². The number of carbonyl (C=O) groups is 2. The van der Waals surface area contributed by atoms with Gasteiger partial charge in [-0.25, -0.2) is 8.42 Å². The van der Waals surface area contributed by atoms with Crippen LogP contribution in [0.25, 0.3) is 0 Å². The van der Waals surface area contributed by atoms with E-state index < -0.39 is 28.5 Å². The van der Waals surface area contributed by atoms with Crippen molar-refractivity contribution in [1.82, 2.24) is 10.2 Å². The van der Waals surface area contributed by atoms with Gasteiger partial charge in [-0.3, -0.25) is 13.9 Å². The third-order valence-electron chi connectivity index (χ3n) is 6.35. The Morgan fingerprint density at radius 2 is 1.52 bits per heavy atom. The molecule has 1 N–H and O–H groups in total.